The molecule has 0 saturated carbocycles. The van der Waals surface area contributed by atoms with E-state index in [4.69, 9.17) is 5.26 Å². The zero-order chi connectivity index (χ0) is 14.4. The fraction of sp³-hybridized carbons (Fsp3) is 0.562. The second-order valence-corrected chi connectivity index (χ2v) is 5.87. The van der Waals surface area contributed by atoms with Crippen molar-refractivity contribution in [1.29, 1.82) is 5.26 Å². The van der Waals surface area contributed by atoms with E-state index in [0.717, 1.165) is 29.8 Å². The predicted molar refractivity (Wildman–Crippen MR) is 81.3 cm³/mol. The lowest BCUT2D eigenvalue weighted by Crippen LogP contribution is -2.33. The molecule has 0 fully saturated rings. The summed E-state index contributed by atoms with van der Waals surface area (Å²) in [5.41, 5.74) is 2.88. The summed E-state index contributed by atoms with van der Waals surface area (Å²) < 4.78 is 0. The molecule has 0 aliphatic rings. The van der Waals surface area contributed by atoms with Gasteiger partial charge in [-0.25, -0.2) is 0 Å². The van der Waals surface area contributed by atoms with Gasteiger partial charge in [0.1, 0.15) is 0 Å². The number of hydrogen-bond donors (Lipinski definition) is 1. The van der Waals surface area contributed by atoms with Crippen LogP contribution in [-0.4, -0.2) is 31.6 Å². The molecular weight excluding hydrogens is 234 g/mol. The number of benzene rings is 1. The minimum absolute atomic E-state index is 0.433. The summed E-state index contributed by atoms with van der Waals surface area (Å²) in [5.74, 6) is 0.664. The zero-order valence-corrected chi connectivity index (χ0v) is 12.7. The molecule has 0 radical (unpaired) electrons. The topological polar surface area (TPSA) is 39.1 Å². The minimum Gasteiger partial charge on any atom is -0.381 e. The number of nitriles is 1. The maximum atomic E-state index is 8.95. The average molecular weight is 259 g/mol. The summed E-state index contributed by atoms with van der Waals surface area (Å²) in [5, 5.41) is 12.5. The van der Waals surface area contributed by atoms with Gasteiger partial charge in [0, 0.05) is 18.3 Å². The average Bonchev–Trinajstić information content (AvgIpc) is 2.27. The quantitative estimate of drug-likeness (QED) is 0.852. The minimum atomic E-state index is 0.433. The van der Waals surface area contributed by atoms with Crippen molar-refractivity contribution < 1.29 is 0 Å². The fourth-order valence-electron chi connectivity index (χ4n) is 2.30. The molecule has 1 aromatic rings. The van der Waals surface area contributed by atoms with Crippen LogP contribution in [0.4, 0.5) is 5.69 Å². The van der Waals surface area contributed by atoms with E-state index in [9.17, 15) is 0 Å². The molecule has 19 heavy (non-hydrogen) atoms. The van der Waals surface area contributed by atoms with Crippen molar-refractivity contribution in [1.82, 2.24) is 4.90 Å². The molecule has 0 aliphatic carbocycles. The summed E-state index contributed by atoms with van der Waals surface area (Å²) in [4.78, 5) is 2.20. The van der Waals surface area contributed by atoms with Crippen molar-refractivity contribution >= 4 is 5.69 Å². The number of rotatable bonds is 6. The highest BCUT2D eigenvalue weighted by atomic mass is 15.1. The molecule has 1 atom stereocenters. The lowest BCUT2D eigenvalue weighted by molar-refractivity contribution is 0.356. The van der Waals surface area contributed by atoms with Crippen LogP contribution in [0.2, 0.25) is 0 Å². The standard InChI is InChI=1S/C16H25N3/c1-12(2)8-16(11-19(4)5)18-15-7-6-14(10-17)13(3)9-15/h6-7,9,12,16,18H,8,11H2,1-5H3. The number of hydrogen-bond acceptors (Lipinski definition) is 3. The number of likely N-dealkylation sites (N-methyl/N-ethyl adjacent to an activating group) is 1. The lowest BCUT2D eigenvalue weighted by Gasteiger charge is -2.25. The first-order valence-electron chi connectivity index (χ1n) is 6.84. The number of nitrogens with zero attached hydrogens (tertiary/aromatic N) is 2. The highest BCUT2D eigenvalue weighted by molar-refractivity contribution is 5.52. The van der Waals surface area contributed by atoms with Gasteiger partial charge in [-0.3, -0.25) is 0 Å². The van der Waals surface area contributed by atoms with Gasteiger partial charge < -0.3 is 10.2 Å². The molecule has 0 bridgehead atoms. The Morgan fingerprint density at radius 2 is 2.00 bits per heavy atom. The molecule has 3 nitrogen and oxygen atoms in total. The smallest absolute Gasteiger partial charge is 0.0994 e. The molecule has 1 rings (SSSR count). The van der Waals surface area contributed by atoms with Gasteiger partial charge in [0.05, 0.1) is 11.6 Å². The maximum Gasteiger partial charge on any atom is 0.0994 e. The first kappa shape index (κ1) is 15.5. The van der Waals surface area contributed by atoms with Crippen LogP contribution in [0.1, 0.15) is 31.4 Å². The first-order chi connectivity index (χ1) is 8.92. The molecule has 104 valence electrons. The summed E-state index contributed by atoms with van der Waals surface area (Å²) in [6, 6.07) is 8.58. The first-order valence-corrected chi connectivity index (χ1v) is 6.84. The van der Waals surface area contributed by atoms with Crippen LogP contribution in [-0.2, 0) is 0 Å². The van der Waals surface area contributed by atoms with E-state index < -0.39 is 0 Å². The van der Waals surface area contributed by atoms with Crippen LogP contribution in [0, 0.1) is 24.2 Å². The van der Waals surface area contributed by atoms with Crippen LogP contribution >= 0.6 is 0 Å². The Labute approximate surface area is 117 Å². The van der Waals surface area contributed by atoms with Crippen molar-refractivity contribution in [2.24, 2.45) is 5.92 Å². The van der Waals surface area contributed by atoms with Crippen molar-refractivity contribution in [3.63, 3.8) is 0 Å². The molecule has 1 unspecified atom stereocenters. The summed E-state index contributed by atoms with van der Waals surface area (Å²) >= 11 is 0. The Bertz CT molecular complexity index is 434. The van der Waals surface area contributed by atoms with Crippen molar-refractivity contribution in [3.8, 4) is 6.07 Å². The van der Waals surface area contributed by atoms with E-state index in [1.807, 2.05) is 19.1 Å². The van der Waals surface area contributed by atoms with E-state index in [1.165, 1.54) is 0 Å². The lowest BCUT2D eigenvalue weighted by atomic mass is 10.0. The van der Waals surface area contributed by atoms with E-state index in [0.29, 0.717) is 12.0 Å². The monoisotopic (exact) mass is 259 g/mol. The molecular formula is C16H25N3. The van der Waals surface area contributed by atoms with E-state index in [-0.39, 0.29) is 0 Å². The molecule has 0 aliphatic heterocycles. The van der Waals surface area contributed by atoms with E-state index >= 15 is 0 Å². The molecule has 0 heterocycles. The normalized spacial score (nSPS) is 12.5. The highest BCUT2D eigenvalue weighted by Crippen LogP contribution is 2.17. The van der Waals surface area contributed by atoms with Crippen LogP contribution in [0.15, 0.2) is 18.2 Å². The Morgan fingerprint density at radius 3 is 2.47 bits per heavy atom. The summed E-state index contributed by atoms with van der Waals surface area (Å²) in [7, 11) is 4.19. The van der Waals surface area contributed by atoms with Gasteiger partial charge in [-0.05, 0) is 57.1 Å². The maximum absolute atomic E-state index is 8.95. The van der Waals surface area contributed by atoms with Gasteiger partial charge in [-0.15, -0.1) is 0 Å². The Balaban J connectivity index is 2.78. The Hall–Kier alpha value is -1.53. The van der Waals surface area contributed by atoms with Gasteiger partial charge in [-0.2, -0.15) is 5.26 Å². The second-order valence-electron chi connectivity index (χ2n) is 5.87. The highest BCUT2D eigenvalue weighted by Gasteiger charge is 2.12. The molecule has 0 spiro atoms. The van der Waals surface area contributed by atoms with Gasteiger partial charge in [-0.1, -0.05) is 13.8 Å². The molecule has 3 heteroatoms. The summed E-state index contributed by atoms with van der Waals surface area (Å²) in [6.45, 7) is 7.48. The number of nitrogens with one attached hydrogen (secondary N) is 1. The van der Waals surface area contributed by atoms with Crippen molar-refractivity contribution in [3.05, 3.63) is 29.3 Å². The molecule has 0 aromatic heterocycles. The summed E-state index contributed by atoms with van der Waals surface area (Å²) in [6.07, 6.45) is 1.14. The van der Waals surface area contributed by atoms with Gasteiger partial charge in [0.15, 0.2) is 0 Å². The third kappa shape index (κ3) is 5.32. The Morgan fingerprint density at radius 1 is 1.32 bits per heavy atom. The molecule has 1 aromatic carbocycles. The number of aryl methyl sites for hydroxylation is 1. The van der Waals surface area contributed by atoms with Gasteiger partial charge in [0.25, 0.3) is 0 Å². The third-order valence-corrected chi connectivity index (χ3v) is 3.06. The zero-order valence-electron chi connectivity index (χ0n) is 12.7. The van der Waals surface area contributed by atoms with Crippen molar-refractivity contribution in [2.75, 3.05) is 26.0 Å². The molecule has 0 amide bonds. The third-order valence-electron chi connectivity index (χ3n) is 3.06. The van der Waals surface area contributed by atoms with E-state index in [2.05, 4.69) is 50.3 Å². The van der Waals surface area contributed by atoms with Crippen LogP contribution in [0.3, 0.4) is 0 Å². The van der Waals surface area contributed by atoms with E-state index in [1.54, 1.807) is 0 Å². The van der Waals surface area contributed by atoms with Crippen LogP contribution < -0.4 is 5.32 Å². The SMILES string of the molecule is Cc1cc(NC(CC(C)C)CN(C)C)ccc1C#N. The predicted octanol–water partition coefficient (Wildman–Crippen LogP) is 3.25. The molecule has 1 N–H and O–H groups in total. The Kier molecular flexibility index (Phi) is 5.85. The van der Waals surface area contributed by atoms with Crippen molar-refractivity contribution in [2.45, 2.75) is 33.2 Å². The largest absolute Gasteiger partial charge is 0.381 e. The van der Waals surface area contributed by atoms with Gasteiger partial charge in [0.2, 0.25) is 0 Å². The van der Waals surface area contributed by atoms with Crippen LogP contribution in [0.25, 0.3) is 0 Å². The number of anilines is 1. The fourth-order valence-corrected chi connectivity index (χ4v) is 2.30. The second kappa shape index (κ2) is 7.16. The van der Waals surface area contributed by atoms with Gasteiger partial charge >= 0.3 is 0 Å². The molecule has 0 saturated heterocycles. The van der Waals surface area contributed by atoms with Crippen LogP contribution in [0.5, 0.6) is 0 Å².